The van der Waals surface area contributed by atoms with E-state index < -0.39 is 0 Å². The van der Waals surface area contributed by atoms with Crippen LogP contribution in [0.2, 0.25) is 0 Å². The van der Waals surface area contributed by atoms with E-state index in [2.05, 4.69) is 73.9 Å². The van der Waals surface area contributed by atoms with Crippen LogP contribution in [0.4, 0.5) is 5.69 Å². The first kappa shape index (κ1) is 13.3. The van der Waals surface area contributed by atoms with Gasteiger partial charge < -0.3 is 14.2 Å². The minimum Gasteiger partial charge on any atom is -0.454 e. The number of nitrogens with zero attached hydrogens (tertiary/aromatic N) is 2. The number of fused-ring (bicyclic) bond motifs is 3. The van der Waals surface area contributed by atoms with Crippen LogP contribution in [0, 0.1) is 13.6 Å². The zero-order valence-corrected chi connectivity index (χ0v) is 13.1. The van der Waals surface area contributed by atoms with E-state index in [-0.39, 0.29) is 0 Å². The number of hydrogen-bond acceptors (Lipinski definition) is 3. The van der Waals surface area contributed by atoms with Crippen molar-refractivity contribution < 1.29 is 4.42 Å². The van der Waals surface area contributed by atoms with Crippen LogP contribution < -0.4 is 4.90 Å². The highest BCUT2D eigenvalue weighted by Gasteiger charge is 2.22. The van der Waals surface area contributed by atoms with Gasteiger partial charge in [0, 0.05) is 29.2 Å². The summed E-state index contributed by atoms with van der Waals surface area (Å²) >= 11 is 0. The molecule has 111 valence electrons. The monoisotopic (exact) mass is 291 g/mol. The molecule has 4 rings (SSSR count). The largest absolute Gasteiger partial charge is 0.454 e. The average molecular weight is 291 g/mol. The predicted molar refractivity (Wildman–Crippen MR) is 91.4 cm³/mol. The zero-order chi connectivity index (χ0) is 15.3. The number of furan rings is 1. The van der Waals surface area contributed by atoms with E-state index in [1.807, 2.05) is 12.1 Å². The highest BCUT2D eigenvalue weighted by molar-refractivity contribution is 6.09. The van der Waals surface area contributed by atoms with Gasteiger partial charge in [0.25, 0.3) is 0 Å². The molecule has 2 aromatic carbocycles. The van der Waals surface area contributed by atoms with Gasteiger partial charge in [-0.3, -0.25) is 0 Å². The molecular weight excluding hydrogens is 272 g/mol. The normalized spacial score (nSPS) is 14.9. The maximum Gasteiger partial charge on any atom is 0.159 e. The number of rotatable bonds is 2. The van der Waals surface area contributed by atoms with Crippen LogP contribution in [0.25, 0.3) is 21.9 Å². The number of hydrogen-bond donors (Lipinski definition) is 0. The van der Waals surface area contributed by atoms with E-state index in [4.69, 9.17) is 4.42 Å². The minimum atomic E-state index is 0.441. The summed E-state index contributed by atoms with van der Waals surface area (Å²) in [5.74, 6) is 0. The van der Waals surface area contributed by atoms with Crippen LogP contribution >= 0.6 is 0 Å². The molecule has 0 fully saturated rings. The van der Waals surface area contributed by atoms with Crippen molar-refractivity contribution in [2.45, 2.75) is 26.8 Å². The molecule has 1 aliphatic rings. The fourth-order valence-corrected chi connectivity index (χ4v) is 3.00. The van der Waals surface area contributed by atoms with Crippen LogP contribution in [0.1, 0.15) is 19.4 Å². The SMILES string of the molecule is Cc1ccc2c(oc3ccccc32)c1N1[CH]N(C(C)C)C=C1. The van der Waals surface area contributed by atoms with Crippen LogP contribution in [-0.2, 0) is 0 Å². The summed E-state index contributed by atoms with van der Waals surface area (Å²) in [4.78, 5) is 4.35. The maximum absolute atomic E-state index is 6.16. The molecule has 0 unspecified atom stereocenters. The Morgan fingerprint density at radius 2 is 1.77 bits per heavy atom. The Bertz CT molecular complexity index is 876. The molecule has 3 nitrogen and oxygen atoms in total. The molecule has 3 heteroatoms. The molecular formula is C19H19N2O. The molecule has 0 saturated heterocycles. The van der Waals surface area contributed by atoms with Crippen LogP contribution in [0.3, 0.4) is 0 Å². The Balaban J connectivity index is 1.90. The molecule has 1 aliphatic heterocycles. The van der Waals surface area contributed by atoms with Crippen molar-refractivity contribution in [2.75, 3.05) is 4.90 Å². The van der Waals surface area contributed by atoms with E-state index in [1.165, 1.54) is 16.3 Å². The van der Waals surface area contributed by atoms with Gasteiger partial charge in [-0.15, -0.1) is 0 Å². The van der Waals surface area contributed by atoms with Gasteiger partial charge in [-0.1, -0.05) is 30.3 Å². The van der Waals surface area contributed by atoms with Gasteiger partial charge >= 0.3 is 0 Å². The molecule has 0 saturated carbocycles. The minimum absolute atomic E-state index is 0.441. The Kier molecular flexibility index (Phi) is 2.89. The number of para-hydroxylation sites is 1. The summed E-state index contributed by atoms with van der Waals surface area (Å²) in [5.41, 5.74) is 4.21. The fraction of sp³-hybridized carbons (Fsp3) is 0.211. The van der Waals surface area contributed by atoms with Gasteiger partial charge in [0.1, 0.15) is 12.3 Å². The number of anilines is 1. The van der Waals surface area contributed by atoms with Crippen molar-refractivity contribution in [3.63, 3.8) is 0 Å². The standard InChI is InChI=1S/C19H19N2O/c1-13(2)20-10-11-21(12-20)18-14(3)8-9-16-15-6-4-5-7-17(15)22-19(16)18/h4-13H,1-3H3. The first-order chi connectivity index (χ1) is 10.6. The smallest absolute Gasteiger partial charge is 0.159 e. The summed E-state index contributed by atoms with van der Waals surface area (Å²) in [6.07, 6.45) is 4.19. The van der Waals surface area contributed by atoms with Crippen LogP contribution in [0.5, 0.6) is 0 Å². The lowest BCUT2D eigenvalue weighted by Crippen LogP contribution is -2.25. The second-order valence-corrected chi connectivity index (χ2v) is 6.07. The average Bonchev–Trinajstić information content (AvgIpc) is 3.11. The topological polar surface area (TPSA) is 19.6 Å². The lowest BCUT2D eigenvalue weighted by atomic mass is 10.1. The molecule has 22 heavy (non-hydrogen) atoms. The second-order valence-electron chi connectivity index (χ2n) is 6.07. The highest BCUT2D eigenvalue weighted by Crippen LogP contribution is 2.39. The van der Waals surface area contributed by atoms with Crippen molar-refractivity contribution in [2.24, 2.45) is 0 Å². The molecule has 0 bridgehead atoms. The fourth-order valence-electron chi connectivity index (χ4n) is 3.00. The molecule has 0 N–H and O–H groups in total. The van der Waals surface area contributed by atoms with E-state index in [9.17, 15) is 0 Å². The lowest BCUT2D eigenvalue weighted by Gasteiger charge is -2.24. The Hall–Kier alpha value is -2.42. The van der Waals surface area contributed by atoms with Crippen LogP contribution in [0.15, 0.2) is 53.2 Å². The molecule has 0 aliphatic carbocycles. The molecule has 1 aromatic heterocycles. The molecule has 0 atom stereocenters. The van der Waals surface area contributed by atoms with Gasteiger partial charge in [0.2, 0.25) is 0 Å². The lowest BCUT2D eigenvalue weighted by molar-refractivity contribution is 0.387. The summed E-state index contributed by atoms with van der Waals surface area (Å²) in [6, 6.07) is 13.0. The molecule has 0 amide bonds. The second kappa shape index (κ2) is 4.80. The van der Waals surface area contributed by atoms with Gasteiger partial charge in [0.05, 0.1) is 5.69 Å². The first-order valence-electron chi connectivity index (χ1n) is 7.65. The van der Waals surface area contributed by atoms with E-state index in [1.54, 1.807) is 0 Å². The van der Waals surface area contributed by atoms with Crippen molar-refractivity contribution >= 4 is 27.6 Å². The number of aryl methyl sites for hydroxylation is 1. The summed E-state index contributed by atoms with van der Waals surface area (Å²) < 4.78 is 6.16. The molecule has 3 aromatic rings. The van der Waals surface area contributed by atoms with E-state index in [0.29, 0.717) is 6.04 Å². The number of benzene rings is 2. The quantitative estimate of drug-likeness (QED) is 0.661. The van der Waals surface area contributed by atoms with Gasteiger partial charge in [0.15, 0.2) is 5.58 Å². The van der Waals surface area contributed by atoms with Crippen molar-refractivity contribution in [3.05, 3.63) is 61.0 Å². The highest BCUT2D eigenvalue weighted by atomic mass is 16.3. The van der Waals surface area contributed by atoms with Gasteiger partial charge in [-0.05, 0) is 32.4 Å². The molecule has 2 heterocycles. The first-order valence-corrected chi connectivity index (χ1v) is 7.65. The van der Waals surface area contributed by atoms with Crippen molar-refractivity contribution in [1.82, 2.24) is 4.90 Å². The molecule has 1 radical (unpaired) electrons. The van der Waals surface area contributed by atoms with Gasteiger partial charge in [-0.2, -0.15) is 0 Å². The summed E-state index contributed by atoms with van der Waals surface area (Å²) in [6.45, 7) is 8.61. The molecule has 0 spiro atoms. The van der Waals surface area contributed by atoms with Gasteiger partial charge in [-0.25, -0.2) is 0 Å². The maximum atomic E-state index is 6.16. The van der Waals surface area contributed by atoms with Crippen LogP contribution in [-0.4, -0.2) is 10.9 Å². The Morgan fingerprint density at radius 1 is 0.955 bits per heavy atom. The zero-order valence-electron chi connectivity index (χ0n) is 13.1. The third-order valence-electron chi connectivity index (χ3n) is 4.23. The predicted octanol–water partition coefficient (Wildman–Crippen LogP) is 5.02. The summed E-state index contributed by atoms with van der Waals surface area (Å²) in [5, 5.41) is 2.34. The third kappa shape index (κ3) is 1.89. The van der Waals surface area contributed by atoms with E-state index >= 15 is 0 Å². The Morgan fingerprint density at radius 3 is 2.55 bits per heavy atom. The van der Waals surface area contributed by atoms with Crippen molar-refractivity contribution in [1.29, 1.82) is 0 Å². The Labute approximate surface area is 130 Å². The third-order valence-corrected chi connectivity index (χ3v) is 4.23. The van der Waals surface area contributed by atoms with E-state index in [0.717, 1.165) is 16.9 Å². The summed E-state index contributed by atoms with van der Waals surface area (Å²) in [7, 11) is 0. The van der Waals surface area contributed by atoms with Crippen molar-refractivity contribution in [3.8, 4) is 0 Å².